The third-order valence-electron chi connectivity index (χ3n) is 3.02. The van der Waals surface area contributed by atoms with E-state index in [2.05, 4.69) is 23.3 Å². The van der Waals surface area contributed by atoms with Crippen molar-refractivity contribution in [3.05, 3.63) is 0 Å². The van der Waals surface area contributed by atoms with Crippen LogP contribution >= 0.6 is 12.6 Å². The van der Waals surface area contributed by atoms with Crippen LogP contribution in [0.5, 0.6) is 0 Å². The van der Waals surface area contributed by atoms with Gasteiger partial charge in [-0.15, -0.1) is 0 Å². The molecule has 0 saturated carbocycles. The summed E-state index contributed by atoms with van der Waals surface area (Å²) < 4.78 is 5.14. The van der Waals surface area contributed by atoms with Gasteiger partial charge in [0.2, 0.25) is 11.8 Å². The molecule has 1 aliphatic rings. The third-order valence-corrected chi connectivity index (χ3v) is 3.38. The van der Waals surface area contributed by atoms with Crippen molar-refractivity contribution in [1.82, 2.24) is 10.6 Å². The van der Waals surface area contributed by atoms with Crippen LogP contribution in [0.4, 0.5) is 0 Å². The number of carbonyl (C=O) groups excluding carboxylic acids is 2. The zero-order chi connectivity index (χ0) is 15.3. The molecule has 9 heteroatoms. The van der Waals surface area contributed by atoms with Crippen LogP contribution in [0.3, 0.4) is 0 Å². The molecule has 1 heterocycles. The largest absolute Gasteiger partial charge is 0.394 e. The smallest absolute Gasteiger partial charge is 0.243 e. The van der Waals surface area contributed by atoms with Gasteiger partial charge in [0, 0.05) is 12.7 Å². The second-order valence-electron chi connectivity index (χ2n) is 4.59. The Bertz CT molecular complexity index is 356. The summed E-state index contributed by atoms with van der Waals surface area (Å²) in [5.41, 5.74) is 0. The first kappa shape index (κ1) is 17.2. The minimum atomic E-state index is -1.30. The van der Waals surface area contributed by atoms with Crippen molar-refractivity contribution < 1.29 is 29.6 Å². The van der Waals surface area contributed by atoms with Crippen LogP contribution < -0.4 is 10.6 Å². The lowest BCUT2D eigenvalue weighted by Crippen LogP contribution is -2.62. The Morgan fingerprint density at radius 2 is 2.05 bits per heavy atom. The Balaban J connectivity index is 2.59. The molecule has 0 aromatic carbocycles. The van der Waals surface area contributed by atoms with Crippen LogP contribution in [0.2, 0.25) is 0 Å². The Morgan fingerprint density at radius 3 is 2.55 bits per heavy atom. The van der Waals surface area contributed by atoms with Gasteiger partial charge in [-0.05, 0) is 0 Å². The molecule has 2 amide bonds. The molecule has 1 saturated heterocycles. The first-order valence-corrected chi connectivity index (χ1v) is 6.80. The van der Waals surface area contributed by atoms with Crippen molar-refractivity contribution in [3.8, 4) is 0 Å². The predicted octanol–water partition coefficient (Wildman–Crippen LogP) is -2.98. The van der Waals surface area contributed by atoms with Crippen molar-refractivity contribution in [3.63, 3.8) is 0 Å². The summed E-state index contributed by atoms with van der Waals surface area (Å²) in [7, 11) is 0. The minimum Gasteiger partial charge on any atom is -0.394 e. The average Bonchev–Trinajstić information content (AvgIpc) is 2.41. The SMILES string of the molecule is CC(=O)NC(CS)C(=O)NC1COC(CO)[C@@H](O)C1O. The fourth-order valence-corrected chi connectivity index (χ4v) is 2.15. The number of carbonyl (C=O) groups is 2. The second kappa shape index (κ2) is 7.79. The first-order valence-electron chi connectivity index (χ1n) is 6.17. The maximum absolute atomic E-state index is 11.9. The summed E-state index contributed by atoms with van der Waals surface area (Å²) in [6.45, 7) is 0.802. The van der Waals surface area contributed by atoms with E-state index in [4.69, 9.17) is 9.84 Å². The zero-order valence-corrected chi connectivity index (χ0v) is 11.9. The average molecular weight is 308 g/mol. The number of nitrogens with one attached hydrogen (secondary N) is 2. The molecule has 116 valence electrons. The van der Waals surface area contributed by atoms with Crippen LogP contribution in [0, 0.1) is 0 Å². The van der Waals surface area contributed by atoms with Gasteiger partial charge >= 0.3 is 0 Å². The Hall–Kier alpha value is -0.870. The second-order valence-corrected chi connectivity index (χ2v) is 4.95. The van der Waals surface area contributed by atoms with Crippen LogP contribution in [-0.4, -0.2) is 76.5 Å². The molecule has 8 nitrogen and oxygen atoms in total. The molecule has 0 aliphatic carbocycles. The van der Waals surface area contributed by atoms with Gasteiger partial charge in [-0.1, -0.05) is 0 Å². The highest BCUT2D eigenvalue weighted by Gasteiger charge is 2.39. The molecule has 0 aromatic rings. The van der Waals surface area contributed by atoms with E-state index >= 15 is 0 Å². The molecule has 20 heavy (non-hydrogen) atoms. The Kier molecular flexibility index (Phi) is 6.69. The number of hydrogen-bond donors (Lipinski definition) is 6. The predicted molar refractivity (Wildman–Crippen MR) is 72.2 cm³/mol. The fraction of sp³-hybridized carbons (Fsp3) is 0.818. The summed E-state index contributed by atoms with van der Waals surface area (Å²) in [5.74, 6) is -0.811. The molecule has 1 rings (SSSR count). The molecule has 5 atom stereocenters. The molecule has 0 spiro atoms. The van der Waals surface area contributed by atoms with Crippen molar-refractivity contribution in [1.29, 1.82) is 0 Å². The van der Waals surface area contributed by atoms with Crippen LogP contribution in [-0.2, 0) is 14.3 Å². The summed E-state index contributed by atoms with van der Waals surface area (Å²) in [5, 5.41) is 33.4. The van der Waals surface area contributed by atoms with E-state index in [9.17, 15) is 19.8 Å². The van der Waals surface area contributed by atoms with Crippen LogP contribution in [0.1, 0.15) is 6.92 Å². The number of aliphatic hydroxyl groups excluding tert-OH is 3. The Morgan fingerprint density at radius 1 is 1.40 bits per heavy atom. The zero-order valence-electron chi connectivity index (χ0n) is 11.0. The van der Waals surface area contributed by atoms with Crippen LogP contribution in [0.15, 0.2) is 0 Å². The van der Waals surface area contributed by atoms with E-state index in [1.54, 1.807) is 0 Å². The fourth-order valence-electron chi connectivity index (χ4n) is 1.89. The van der Waals surface area contributed by atoms with E-state index in [1.807, 2.05) is 0 Å². The van der Waals surface area contributed by atoms with E-state index in [-0.39, 0.29) is 18.3 Å². The minimum absolute atomic E-state index is 0.0471. The Labute approximate surface area is 121 Å². The summed E-state index contributed by atoms with van der Waals surface area (Å²) in [6.07, 6.45) is -3.44. The monoisotopic (exact) mass is 308 g/mol. The topological polar surface area (TPSA) is 128 Å². The number of hydrogen-bond acceptors (Lipinski definition) is 7. The normalized spacial score (nSPS) is 31.4. The molecule has 1 fully saturated rings. The maximum Gasteiger partial charge on any atom is 0.243 e. The van der Waals surface area contributed by atoms with Crippen LogP contribution in [0.25, 0.3) is 0 Å². The van der Waals surface area contributed by atoms with E-state index in [0.29, 0.717) is 0 Å². The van der Waals surface area contributed by atoms with Crippen molar-refractivity contribution >= 4 is 24.4 Å². The lowest BCUT2D eigenvalue weighted by Gasteiger charge is -2.37. The summed E-state index contributed by atoms with van der Waals surface area (Å²) in [4.78, 5) is 22.8. The molecule has 5 N–H and O–H groups in total. The van der Waals surface area contributed by atoms with Gasteiger partial charge in [0.15, 0.2) is 0 Å². The van der Waals surface area contributed by atoms with Gasteiger partial charge in [-0.3, -0.25) is 9.59 Å². The summed E-state index contributed by atoms with van der Waals surface area (Å²) in [6, 6.07) is -1.66. The lowest BCUT2D eigenvalue weighted by molar-refractivity contribution is -0.165. The third kappa shape index (κ3) is 4.32. The van der Waals surface area contributed by atoms with Crippen molar-refractivity contribution in [2.75, 3.05) is 19.0 Å². The van der Waals surface area contributed by atoms with Crippen molar-refractivity contribution in [2.24, 2.45) is 0 Å². The highest BCUT2D eigenvalue weighted by molar-refractivity contribution is 7.80. The number of ether oxygens (including phenoxy) is 1. The van der Waals surface area contributed by atoms with Gasteiger partial charge in [0.1, 0.15) is 24.4 Å². The lowest BCUT2D eigenvalue weighted by atomic mass is 9.98. The van der Waals surface area contributed by atoms with Gasteiger partial charge in [0.25, 0.3) is 0 Å². The van der Waals surface area contributed by atoms with E-state index < -0.39 is 42.9 Å². The molecule has 4 unspecified atom stereocenters. The molecule has 1 aliphatic heterocycles. The van der Waals surface area contributed by atoms with Gasteiger partial charge < -0.3 is 30.7 Å². The van der Waals surface area contributed by atoms with Gasteiger partial charge in [-0.25, -0.2) is 0 Å². The van der Waals surface area contributed by atoms with E-state index in [1.165, 1.54) is 6.92 Å². The number of aliphatic hydroxyl groups is 3. The number of thiol groups is 1. The number of rotatable bonds is 5. The summed E-state index contributed by atoms with van der Waals surface area (Å²) >= 11 is 3.97. The first-order chi connectivity index (χ1) is 9.40. The van der Waals surface area contributed by atoms with Gasteiger partial charge in [0.05, 0.1) is 19.3 Å². The number of amides is 2. The quantitative estimate of drug-likeness (QED) is 0.301. The van der Waals surface area contributed by atoms with Crippen molar-refractivity contribution in [2.45, 2.75) is 37.3 Å². The molecule has 0 bridgehead atoms. The molecule has 0 radical (unpaired) electrons. The maximum atomic E-state index is 11.9. The highest BCUT2D eigenvalue weighted by Crippen LogP contribution is 2.15. The highest BCUT2D eigenvalue weighted by atomic mass is 32.1. The molecular formula is C11H20N2O6S. The standard InChI is InChI=1S/C11H20N2O6S/c1-5(15)12-7(4-20)11(18)13-6-3-19-8(2-14)10(17)9(6)16/h6-10,14,16-17,20H,2-4H2,1H3,(H,12,15)(H,13,18)/t6?,7?,8?,9?,10-/m1/s1. The van der Waals surface area contributed by atoms with Gasteiger partial charge in [-0.2, -0.15) is 12.6 Å². The molecular weight excluding hydrogens is 288 g/mol. The van der Waals surface area contributed by atoms with E-state index in [0.717, 1.165) is 0 Å². The molecule has 0 aromatic heterocycles.